The molecular formula is C13H16ClN3O3. The summed E-state index contributed by atoms with van der Waals surface area (Å²) in [7, 11) is 1.62. The number of nitrogens with zero attached hydrogens (tertiary/aromatic N) is 1. The lowest BCUT2D eigenvalue weighted by atomic mass is 10.2. The van der Waals surface area contributed by atoms with Crippen LogP contribution in [0.15, 0.2) is 34.9 Å². The predicted octanol–water partition coefficient (Wildman–Crippen LogP) is 1.85. The molecule has 1 aromatic carbocycles. The molecule has 108 valence electrons. The third kappa shape index (κ3) is 4.25. The Morgan fingerprint density at radius 3 is 2.60 bits per heavy atom. The smallest absolute Gasteiger partial charge is 0.287 e. The number of nitrogens with one attached hydrogen (secondary N) is 2. The SMILES string of the molecule is COc1ccc(CNNC(=O)c2cc(C)on2)cc1.Cl. The van der Waals surface area contributed by atoms with Gasteiger partial charge in [-0.2, -0.15) is 0 Å². The average Bonchev–Trinajstić information content (AvgIpc) is 2.86. The third-order valence-electron chi connectivity index (χ3n) is 2.51. The maximum atomic E-state index is 11.6. The number of methoxy groups -OCH3 is 1. The lowest BCUT2D eigenvalue weighted by Gasteiger charge is -2.06. The van der Waals surface area contributed by atoms with Crippen LogP contribution in [0, 0.1) is 6.92 Å². The molecule has 2 rings (SSSR count). The number of hydrogen-bond acceptors (Lipinski definition) is 5. The van der Waals surface area contributed by atoms with Gasteiger partial charge in [0.15, 0.2) is 5.69 Å². The summed E-state index contributed by atoms with van der Waals surface area (Å²) in [5, 5.41) is 3.62. The van der Waals surface area contributed by atoms with Crippen LogP contribution in [0.5, 0.6) is 5.75 Å². The maximum absolute atomic E-state index is 11.6. The van der Waals surface area contributed by atoms with Gasteiger partial charge in [-0.25, -0.2) is 5.43 Å². The van der Waals surface area contributed by atoms with E-state index in [0.717, 1.165) is 11.3 Å². The molecule has 0 spiro atoms. The topological polar surface area (TPSA) is 76.4 Å². The predicted molar refractivity (Wildman–Crippen MR) is 75.8 cm³/mol. The molecule has 1 heterocycles. The van der Waals surface area contributed by atoms with Crippen LogP contribution in [0.1, 0.15) is 21.8 Å². The Bertz CT molecular complexity index is 554. The van der Waals surface area contributed by atoms with Crippen LogP contribution in [0.2, 0.25) is 0 Å². The van der Waals surface area contributed by atoms with E-state index >= 15 is 0 Å². The van der Waals surface area contributed by atoms with Crippen LogP contribution >= 0.6 is 12.4 Å². The molecule has 0 saturated carbocycles. The van der Waals surface area contributed by atoms with Crippen molar-refractivity contribution in [1.29, 1.82) is 0 Å². The second-order valence-electron chi connectivity index (χ2n) is 3.98. The molecule has 2 aromatic rings. The fourth-order valence-electron chi connectivity index (χ4n) is 1.51. The molecular weight excluding hydrogens is 282 g/mol. The quantitative estimate of drug-likeness (QED) is 0.824. The van der Waals surface area contributed by atoms with Crippen LogP contribution in [0.25, 0.3) is 0 Å². The summed E-state index contributed by atoms with van der Waals surface area (Å²) in [6, 6.07) is 9.13. The number of benzene rings is 1. The van der Waals surface area contributed by atoms with E-state index in [9.17, 15) is 4.79 Å². The van der Waals surface area contributed by atoms with Gasteiger partial charge in [0, 0.05) is 12.6 Å². The summed E-state index contributed by atoms with van der Waals surface area (Å²) < 4.78 is 9.89. The zero-order chi connectivity index (χ0) is 13.7. The number of ether oxygens (including phenoxy) is 1. The standard InChI is InChI=1S/C13H15N3O3.ClH/c1-9-7-12(16-19-9)13(17)15-14-8-10-3-5-11(18-2)6-4-10;/h3-7,14H,8H2,1-2H3,(H,15,17);1H. The van der Waals surface area contributed by atoms with Crippen LogP contribution in [-0.2, 0) is 6.54 Å². The van der Waals surface area contributed by atoms with Crippen LogP contribution in [-0.4, -0.2) is 18.2 Å². The molecule has 2 N–H and O–H groups in total. The minimum Gasteiger partial charge on any atom is -0.497 e. The van der Waals surface area contributed by atoms with E-state index in [0.29, 0.717) is 12.3 Å². The fraction of sp³-hybridized carbons (Fsp3) is 0.231. The van der Waals surface area contributed by atoms with Gasteiger partial charge in [-0.05, 0) is 24.6 Å². The van der Waals surface area contributed by atoms with Crippen LogP contribution in [0.4, 0.5) is 0 Å². The van der Waals surface area contributed by atoms with E-state index < -0.39 is 0 Å². The van der Waals surface area contributed by atoms with Crippen molar-refractivity contribution in [2.24, 2.45) is 0 Å². The molecule has 0 aliphatic carbocycles. The molecule has 0 aliphatic heterocycles. The Hall–Kier alpha value is -2.05. The lowest BCUT2D eigenvalue weighted by molar-refractivity contribution is 0.0923. The largest absolute Gasteiger partial charge is 0.497 e. The Morgan fingerprint density at radius 1 is 1.35 bits per heavy atom. The molecule has 1 amide bonds. The molecule has 0 atom stereocenters. The fourth-order valence-corrected chi connectivity index (χ4v) is 1.51. The summed E-state index contributed by atoms with van der Waals surface area (Å²) >= 11 is 0. The van der Waals surface area contributed by atoms with Crippen LogP contribution in [0.3, 0.4) is 0 Å². The summed E-state index contributed by atoms with van der Waals surface area (Å²) in [6.07, 6.45) is 0. The van der Waals surface area contributed by atoms with Crippen molar-refractivity contribution in [3.63, 3.8) is 0 Å². The normalized spacial score (nSPS) is 9.70. The molecule has 0 radical (unpaired) electrons. The number of rotatable bonds is 5. The first kappa shape index (κ1) is 16.0. The molecule has 6 nitrogen and oxygen atoms in total. The number of amides is 1. The van der Waals surface area contributed by atoms with E-state index in [2.05, 4.69) is 16.0 Å². The minimum atomic E-state index is -0.328. The van der Waals surface area contributed by atoms with Gasteiger partial charge in [0.1, 0.15) is 11.5 Å². The molecule has 0 aliphatic rings. The van der Waals surface area contributed by atoms with Gasteiger partial charge in [-0.15, -0.1) is 12.4 Å². The highest BCUT2D eigenvalue weighted by Gasteiger charge is 2.09. The monoisotopic (exact) mass is 297 g/mol. The molecule has 0 saturated heterocycles. The molecule has 1 aromatic heterocycles. The van der Waals surface area contributed by atoms with Crippen molar-refractivity contribution >= 4 is 18.3 Å². The highest BCUT2D eigenvalue weighted by atomic mass is 35.5. The second kappa shape index (κ2) is 7.52. The van der Waals surface area contributed by atoms with Gasteiger partial charge in [0.2, 0.25) is 0 Å². The maximum Gasteiger partial charge on any atom is 0.287 e. The van der Waals surface area contributed by atoms with E-state index in [1.165, 1.54) is 0 Å². The number of aryl methyl sites for hydroxylation is 1. The van der Waals surface area contributed by atoms with Crippen molar-refractivity contribution in [3.8, 4) is 5.75 Å². The van der Waals surface area contributed by atoms with Crippen molar-refractivity contribution in [2.75, 3.05) is 7.11 Å². The summed E-state index contributed by atoms with van der Waals surface area (Å²) in [5.41, 5.74) is 6.65. The van der Waals surface area contributed by atoms with Gasteiger partial charge in [-0.3, -0.25) is 10.2 Å². The Balaban J connectivity index is 0.00000200. The summed E-state index contributed by atoms with van der Waals surface area (Å²) in [4.78, 5) is 11.6. The number of halogens is 1. The zero-order valence-electron chi connectivity index (χ0n) is 11.2. The first-order valence-electron chi connectivity index (χ1n) is 5.78. The first-order valence-corrected chi connectivity index (χ1v) is 5.78. The van der Waals surface area contributed by atoms with Crippen molar-refractivity contribution in [3.05, 3.63) is 47.3 Å². The molecule has 0 unspecified atom stereocenters. The van der Waals surface area contributed by atoms with Gasteiger partial charge in [0.25, 0.3) is 5.91 Å². The molecule has 20 heavy (non-hydrogen) atoms. The van der Waals surface area contributed by atoms with Crippen molar-refractivity contribution in [1.82, 2.24) is 16.0 Å². The van der Waals surface area contributed by atoms with Gasteiger partial charge in [0.05, 0.1) is 7.11 Å². The number of hydrogen-bond donors (Lipinski definition) is 2. The highest BCUT2D eigenvalue weighted by molar-refractivity contribution is 5.91. The Morgan fingerprint density at radius 2 is 2.05 bits per heavy atom. The van der Waals surface area contributed by atoms with Gasteiger partial charge >= 0.3 is 0 Å². The summed E-state index contributed by atoms with van der Waals surface area (Å²) in [6.45, 7) is 2.24. The molecule has 0 bridgehead atoms. The van der Waals surface area contributed by atoms with E-state index in [-0.39, 0.29) is 24.0 Å². The minimum absolute atomic E-state index is 0. The van der Waals surface area contributed by atoms with E-state index in [4.69, 9.17) is 9.26 Å². The van der Waals surface area contributed by atoms with E-state index in [1.54, 1.807) is 20.1 Å². The number of hydrazine groups is 1. The van der Waals surface area contributed by atoms with Crippen molar-refractivity contribution < 1.29 is 14.1 Å². The Labute approximate surface area is 122 Å². The van der Waals surface area contributed by atoms with Gasteiger partial charge in [-0.1, -0.05) is 17.3 Å². The average molecular weight is 298 g/mol. The number of carbonyl (C=O) groups is 1. The molecule has 0 fully saturated rings. The highest BCUT2D eigenvalue weighted by Crippen LogP contribution is 2.10. The van der Waals surface area contributed by atoms with Crippen molar-refractivity contribution in [2.45, 2.75) is 13.5 Å². The second-order valence-corrected chi connectivity index (χ2v) is 3.98. The van der Waals surface area contributed by atoms with Crippen LogP contribution < -0.4 is 15.6 Å². The van der Waals surface area contributed by atoms with Gasteiger partial charge < -0.3 is 9.26 Å². The third-order valence-corrected chi connectivity index (χ3v) is 2.51. The first-order chi connectivity index (χ1) is 9.19. The summed E-state index contributed by atoms with van der Waals surface area (Å²) in [5.74, 6) is 1.07. The number of aromatic nitrogens is 1. The lowest BCUT2D eigenvalue weighted by Crippen LogP contribution is -2.36. The Kier molecular flexibility index (Phi) is 6.02. The number of carbonyl (C=O) groups excluding carboxylic acids is 1. The van der Waals surface area contributed by atoms with E-state index in [1.807, 2.05) is 24.3 Å². The molecule has 7 heteroatoms. The zero-order valence-corrected chi connectivity index (χ0v) is 12.0.